The molecule has 1 aliphatic heterocycles. The second-order valence-electron chi connectivity index (χ2n) is 6.19. The van der Waals surface area contributed by atoms with Crippen LogP contribution in [0, 0.1) is 13.8 Å². The molecule has 5 nitrogen and oxygen atoms in total. The van der Waals surface area contributed by atoms with Gasteiger partial charge >= 0.3 is 6.03 Å². The molecule has 0 aliphatic carbocycles. The molecular weight excluding hydrogens is 288 g/mol. The molecule has 1 fully saturated rings. The number of anilines is 1. The zero-order valence-corrected chi connectivity index (χ0v) is 13.9. The van der Waals surface area contributed by atoms with Gasteiger partial charge in [-0.15, -0.1) is 0 Å². The number of hydrogen-bond donors (Lipinski definition) is 1. The average molecular weight is 312 g/mol. The molecule has 0 bridgehead atoms. The first-order valence-electron chi connectivity index (χ1n) is 8.34. The van der Waals surface area contributed by atoms with Crippen LogP contribution in [-0.4, -0.2) is 33.8 Å². The number of para-hydroxylation sites is 2. The Bertz CT molecular complexity index is 684. The number of carbonyl (C=O) groups is 1. The van der Waals surface area contributed by atoms with Crippen LogP contribution in [0.2, 0.25) is 0 Å². The van der Waals surface area contributed by atoms with E-state index < -0.39 is 0 Å². The first-order valence-corrected chi connectivity index (χ1v) is 8.34. The Morgan fingerprint density at radius 1 is 1.09 bits per heavy atom. The lowest BCUT2D eigenvalue weighted by molar-refractivity contribution is 0.214. The van der Waals surface area contributed by atoms with Crippen molar-refractivity contribution in [3.8, 4) is 5.69 Å². The van der Waals surface area contributed by atoms with E-state index in [1.54, 1.807) is 0 Å². The van der Waals surface area contributed by atoms with Gasteiger partial charge in [0.25, 0.3) is 0 Å². The lowest BCUT2D eigenvalue weighted by Gasteiger charge is -2.22. The summed E-state index contributed by atoms with van der Waals surface area (Å²) >= 11 is 0. The van der Waals surface area contributed by atoms with E-state index in [0.29, 0.717) is 0 Å². The smallest absolute Gasteiger partial charge is 0.321 e. The van der Waals surface area contributed by atoms with Crippen LogP contribution in [0.5, 0.6) is 0 Å². The molecular formula is C18H24N4O. The number of aromatic nitrogens is 2. The van der Waals surface area contributed by atoms with E-state index in [2.05, 4.69) is 10.4 Å². The van der Waals surface area contributed by atoms with Crippen LogP contribution in [0.3, 0.4) is 0 Å². The number of nitrogens with zero attached hydrogens (tertiary/aromatic N) is 3. The number of benzene rings is 1. The van der Waals surface area contributed by atoms with Gasteiger partial charge in [-0.1, -0.05) is 25.0 Å². The first-order chi connectivity index (χ1) is 11.1. The Morgan fingerprint density at radius 2 is 1.78 bits per heavy atom. The van der Waals surface area contributed by atoms with Gasteiger partial charge < -0.3 is 10.2 Å². The summed E-state index contributed by atoms with van der Waals surface area (Å²) in [5.41, 5.74) is 3.73. The second-order valence-corrected chi connectivity index (χ2v) is 6.19. The van der Waals surface area contributed by atoms with Crippen molar-refractivity contribution in [1.82, 2.24) is 14.7 Å². The number of rotatable bonds is 2. The molecule has 0 atom stereocenters. The van der Waals surface area contributed by atoms with Crippen molar-refractivity contribution < 1.29 is 4.79 Å². The second kappa shape index (κ2) is 6.86. The molecule has 0 spiro atoms. The maximum absolute atomic E-state index is 12.6. The van der Waals surface area contributed by atoms with Gasteiger partial charge in [0.15, 0.2) is 0 Å². The third-order valence-corrected chi connectivity index (χ3v) is 4.28. The molecule has 1 aromatic carbocycles. The Kier molecular flexibility index (Phi) is 4.65. The van der Waals surface area contributed by atoms with Crippen LogP contribution >= 0.6 is 0 Å². The predicted molar refractivity (Wildman–Crippen MR) is 92.1 cm³/mol. The van der Waals surface area contributed by atoms with Crippen molar-refractivity contribution in [2.24, 2.45) is 0 Å². The summed E-state index contributed by atoms with van der Waals surface area (Å²) in [5.74, 6) is 0. The largest absolute Gasteiger partial charge is 0.325 e. The fraction of sp³-hybridized carbons (Fsp3) is 0.444. The van der Waals surface area contributed by atoms with Crippen LogP contribution < -0.4 is 5.32 Å². The van der Waals surface area contributed by atoms with Gasteiger partial charge in [-0.25, -0.2) is 9.48 Å². The Hall–Kier alpha value is -2.30. The minimum atomic E-state index is -0.0131. The average Bonchev–Trinajstić information content (AvgIpc) is 2.75. The standard InChI is InChI=1S/C18H24N4O/c1-14-13-15(2)22(20-14)17-10-6-5-9-16(17)19-18(23)21-11-7-3-4-8-12-21/h5-6,9-10,13H,3-4,7-8,11-12H2,1-2H3,(H,19,23). The van der Waals surface area contributed by atoms with E-state index >= 15 is 0 Å². The summed E-state index contributed by atoms with van der Waals surface area (Å²) in [6, 6.07) is 9.84. The van der Waals surface area contributed by atoms with Crippen LogP contribution in [0.1, 0.15) is 37.1 Å². The summed E-state index contributed by atoms with van der Waals surface area (Å²) in [4.78, 5) is 14.5. The molecule has 122 valence electrons. The van der Waals surface area contributed by atoms with E-state index in [9.17, 15) is 4.79 Å². The molecule has 0 unspecified atom stereocenters. The molecule has 1 N–H and O–H groups in total. The SMILES string of the molecule is Cc1cc(C)n(-c2ccccc2NC(=O)N2CCCCCC2)n1. The van der Waals surface area contributed by atoms with Crippen LogP contribution in [-0.2, 0) is 0 Å². The molecule has 23 heavy (non-hydrogen) atoms. The number of hydrogen-bond acceptors (Lipinski definition) is 2. The summed E-state index contributed by atoms with van der Waals surface area (Å²) < 4.78 is 1.88. The highest BCUT2D eigenvalue weighted by Gasteiger charge is 2.17. The van der Waals surface area contributed by atoms with Crippen molar-refractivity contribution in [1.29, 1.82) is 0 Å². The van der Waals surface area contributed by atoms with E-state index in [0.717, 1.165) is 48.7 Å². The summed E-state index contributed by atoms with van der Waals surface area (Å²) in [5, 5.41) is 7.60. The predicted octanol–water partition coefficient (Wildman–Crippen LogP) is 3.90. The van der Waals surface area contributed by atoms with Crippen molar-refractivity contribution >= 4 is 11.7 Å². The zero-order chi connectivity index (χ0) is 16.2. The highest BCUT2D eigenvalue weighted by Crippen LogP contribution is 2.22. The first kappa shape index (κ1) is 15.6. The summed E-state index contributed by atoms with van der Waals surface area (Å²) in [6.45, 7) is 5.68. The van der Waals surface area contributed by atoms with Crippen LogP contribution in [0.25, 0.3) is 5.69 Å². The fourth-order valence-corrected chi connectivity index (χ4v) is 3.10. The maximum atomic E-state index is 12.6. The van der Waals surface area contributed by atoms with Crippen molar-refractivity contribution in [3.05, 3.63) is 41.7 Å². The highest BCUT2D eigenvalue weighted by molar-refractivity contribution is 5.91. The van der Waals surface area contributed by atoms with Gasteiger partial charge in [-0.3, -0.25) is 0 Å². The van der Waals surface area contributed by atoms with Gasteiger partial charge in [-0.05, 0) is 44.9 Å². The zero-order valence-electron chi connectivity index (χ0n) is 13.9. The van der Waals surface area contributed by atoms with Crippen LogP contribution in [0.15, 0.2) is 30.3 Å². The monoisotopic (exact) mass is 312 g/mol. The minimum Gasteiger partial charge on any atom is -0.325 e. The maximum Gasteiger partial charge on any atom is 0.321 e. The van der Waals surface area contributed by atoms with Crippen LogP contribution in [0.4, 0.5) is 10.5 Å². The third kappa shape index (κ3) is 3.55. The molecule has 2 amide bonds. The lowest BCUT2D eigenvalue weighted by atomic mass is 10.2. The quantitative estimate of drug-likeness (QED) is 0.914. The fourth-order valence-electron chi connectivity index (χ4n) is 3.10. The molecule has 3 rings (SSSR count). The Labute approximate surface area is 137 Å². The highest BCUT2D eigenvalue weighted by atomic mass is 16.2. The number of aryl methyl sites for hydroxylation is 2. The van der Waals surface area contributed by atoms with E-state index in [1.165, 1.54) is 12.8 Å². The number of carbonyl (C=O) groups excluding carboxylic acids is 1. The molecule has 1 aliphatic rings. The topological polar surface area (TPSA) is 50.2 Å². The molecule has 0 radical (unpaired) electrons. The van der Waals surface area contributed by atoms with Gasteiger partial charge in [0, 0.05) is 18.8 Å². The third-order valence-electron chi connectivity index (χ3n) is 4.28. The Morgan fingerprint density at radius 3 is 2.43 bits per heavy atom. The van der Waals surface area contributed by atoms with E-state index in [4.69, 9.17) is 0 Å². The molecule has 2 heterocycles. The van der Waals surface area contributed by atoms with Crippen molar-refractivity contribution in [2.45, 2.75) is 39.5 Å². The normalized spacial score (nSPS) is 15.3. The van der Waals surface area contributed by atoms with Gasteiger partial charge in [-0.2, -0.15) is 5.10 Å². The van der Waals surface area contributed by atoms with Gasteiger partial charge in [0.05, 0.1) is 17.1 Å². The molecule has 2 aromatic rings. The Balaban J connectivity index is 1.83. The molecule has 1 aromatic heterocycles. The van der Waals surface area contributed by atoms with Gasteiger partial charge in [0.1, 0.15) is 0 Å². The molecule has 5 heteroatoms. The van der Waals surface area contributed by atoms with Crippen molar-refractivity contribution in [3.63, 3.8) is 0 Å². The molecule has 1 saturated heterocycles. The van der Waals surface area contributed by atoms with Gasteiger partial charge in [0.2, 0.25) is 0 Å². The lowest BCUT2D eigenvalue weighted by Crippen LogP contribution is -2.35. The molecule has 0 saturated carbocycles. The number of nitrogens with one attached hydrogen (secondary N) is 1. The summed E-state index contributed by atoms with van der Waals surface area (Å²) in [6.07, 6.45) is 4.61. The minimum absolute atomic E-state index is 0.0131. The number of amides is 2. The van der Waals surface area contributed by atoms with E-state index in [1.807, 2.05) is 53.8 Å². The summed E-state index contributed by atoms with van der Waals surface area (Å²) in [7, 11) is 0. The number of likely N-dealkylation sites (tertiary alicyclic amines) is 1. The number of urea groups is 1. The van der Waals surface area contributed by atoms with E-state index in [-0.39, 0.29) is 6.03 Å². The van der Waals surface area contributed by atoms with Crippen molar-refractivity contribution in [2.75, 3.05) is 18.4 Å².